The fourth-order valence-corrected chi connectivity index (χ4v) is 2.03. The van der Waals surface area contributed by atoms with Crippen LogP contribution in [-0.2, 0) is 0 Å². The number of ether oxygens (including phenoxy) is 1. The third-order valence-corrected chi connectivity index (χ3v) is 2.90. The second-order valence-corrected chi connectivity index (χ2v) is 5.26. The predicted molar refractivity (Wildman–Crippen MR) is 72.4 cm³/mol. The van der Waals surface area contributed by atoms with E-state index in [0.717, 1.165) is 17.7 Å². The van der Waals surface area contributed by atoms with Crippen molar-refractivity contribution in [1.29, 1.82) is 0 Å². The molecule has 0 saturated heterocycles. The number of methoxy groups -OCH3 is 1. The van der Waals surface area contributed by atoms with Gasteiger partial charge in [-0.3, -0.25) is 0 Å². The zero-order valence-electron chi connectivity index (χ0n) is 11.5. The van der Waals surface area contributed by atoms with Gasteiger partial charge in [0.25, 0.3) is 0 Å². The van der Waals surface area contributed by atoms with Gasteiger partial charge in [-0.15, -0.1) is 0 Å². The van der Waals surface area contributed by atoms with Crippen molar-refractivity contribution in [2.24, 2.45) is 5.73 Å². The van der Waals surface area contributed by atoms with Crippen LogP contribution < -0.4 is 15.8 Å². The molecule has 1 aromatic rings. The van der Waals surface area contributed by atoms with Crippen LogP contribution in [0.3, 0.4) is 0 Å². The Balaban J connectivity index is 2.93. The summed E-state index contributed by atoms with van der Waals surface area (Å²) in [7, 11) is 3.66. The molecule has 0 radical (unpaired) electrons. The molecule has 0 heterocycles. The standard InChI is InChI=1S/C14H24N2O/c1-10-8-11(6-7-13(10)17-5)12(16-4)9-14(2,3)15/h6-8,12,16H,9,15H2,1-5H3. The van der Waals surface area contributed by atoms with Crippen molar-refractivity contribution in [3.05, 3.63) is 29.3 Å². The van der Waals surface area contributed by atoms with Crippen molar-refractivity contribution < 1.29 is 4.74 Å². The second kappa shape index (κ2) is 5.52. The van der Waals surface area contributed by atoms with Crippen molar-refractivity contribution in [2.45, 2.75) is 38.8 Å². The molecule has 17 heavy (non-hydrogen) atoms. The molecular weight excluding hydrogens is 212 g/mol. The highest BCUT2D eigenvalue weighted by Crippen LogP contribution is 2.26. The molecule has 3 N–H and O–H groups in total. The zero-order chi connectivity index (χ0) is 13.1. The lowest BCUT2D eigenvalue weighted by atomic mass is 9.91. The number of aryl methyl sites for hydroxylation is 1. The van der Waals surface area contributed by atoms with E-state index in [2.05, 4.69) is 24.4 Å². The predicted octanol–water partition coefficient (Wildman–Crippen LogP) is 2.39. The molecule has 3 nitrogen and oxygen atoms in total. The molecule has 0 fully saturated rings. The fraction of sp³-hybridized carbons (Fsp3) is 0.571. The Bertz CT molecular complexity index is 369. The van der Waals surface area contributed by atoms with E-state index >= 15 is 0 Å². The summed E-state index contributed by atoms with van der Waals surface area (Å²) in [6, 6.07) is 6.54. The van der Waals surface area contributed by atoms with Crippen molar-refractivity contribution in [3.63, 3.8) is 0 Å². The Labute approximate surface area is 104 Å². The van der Waals surface area contributed by atoms with E-state index in [4.69, 9.17) is 10.5 Å². The molecule has 1 aromatic carbocycles. The van der Waals surface area contributed by atoms with Crippen molar-refractivity contribution >= 4 is 0 Å². The zero-order valence-corrected chi connectivity index (χ0v) is 11.5. The lowest BCUT2D eigenvalue weighted by Crippen LogP contribution is -2.36. The summed E-state index contributed by atoms with van der Waals surface area (Å²) in [4.78, 5) is 0. The number of nitrogens with one attached hydrogen (secondary N) is 1. The highest BCUT2D eigenvalue weighted by Gasteiger charge is 2.19. The van der Waals surface area contributed by atoms with Gasteiger partial charge in [0, 0.05) is 11.6 Å². The first-order chi connectivity index (χ1) is 7.87. The molecule has 0 bridgehead atoms. The minimum atomic E-state index is -0.179. The molecule has 3 heteroatoms. The van der Waals surface area contributed by atoms with Gasteiger partial charge in [-0.05, 0) is 51.4 Å². The molecule has 1 unspecified atom stereocenters. The first kappa shape index (κ1) is 14.0. The van der Waals surface area contributed by atoms with E-state index in [1.165, 1.54) is 5.56 Å². The number of hydrogen-bond acceptors (Lipinski definition) is 3. The number of nitrogens with two attached hydrogens (primary N) is 1. The SMILES string of the molecule is CNC(CC(C)(C)N)c1ccc(OC)c(C)c1. The van der Waals surface area contributed by atoms with Crippen LogP contribution in [0.5, 0.6) is 5.75 Å². The van der Waals surface area contributed by atoms with Crippen molar-refractivity contribution in [1.82, 2.24) is 5.32 Å². The highest BCUT2D eigenvalue weighted by atomic mass is 16.5. The van der Waals surface area contributed by atoms with Crippen molar-refractivity contribution in [2.75, 3.05) is 14.2 Å². The van der Waals surface area contributed by atoms with Gasteiger partial charge < -0.3 is 15.8 Å². The van der Waals surface area contributed by atoms with E-state index in [1.54, 1.807) is 7.11 Å². The lowest BCUT2D eigenvalue weighted by Gasteiger charge is -2.26. The van der Waals surface area contributed by atoms with Crippen LogP contribution in [0.15, 0.2) is 18.2 Å². The highest BCUT2D eigenvalue weighted by molar-refractivity contribution is 5.37. The van der Waals surface area contributed by atoms with Gasteiger partial charge in [0.05, 0.1) is 7.11 Å². The average Bonchev–Trinajstić information content (AvgIpc) is 2.24. The average molecular weight is 236 g/mol. The van der Waals surface area contributed by atoms with Crippen LogP contribution in [0.1, 0.15) is 37.4 Å². The van der Waals surface area contributed by atoms with E-state index in [0.29, 0.717) is 0 Å². The molecule has 1 atom stereocenters. The molecule has 0 aromatic heterocycles. The smallest absolute Gasteiger partial charge is 0.121 e. The van der Waals surface area contributed by atoms with E-state index in [1.807, 2.05) is 27.0 Å². The number of rotatable bonds is 5. The molecule has 0 aliphatic rings. The lowest BCUT2D eigenvalue weighted by molar-refractivity contribution is 0.393. The van der Waals surface area contributed by atoms with E-state index in [9.17, 15) is 0 Å². The van der Waals surface area contributed by atoms with Crippen molar-refractivity contribution in [3.8, 4) is 5.75 Å². The summed E-state index contributed by atoms with van der Waals surface area (Å²) in [5.41, 5.74) is 8.31. The molecular formula is C14H24N2O. The Morgan fingerprint density at radius 1 is 1.41 bits per heavy atom. The first-order valence-electron chi connectivity index (χ1n) is 5.98. The van der Waals surface area contributed by atoms with Gasteiger partial charge in [-0.2, -0.15) is 0 Å². The summed E-state index contributed by atoms with van der Waals surface area (Å²) in [5, 5.41) is 3.32. The van der Waals surface area contributed by atoms with Crippen LogP contribution >= 0.6 is 0 Å². The monoisotopic (exact) mass is 236 g/mol. The summed E-state index contributed by atoms with van der Waals surface area (Å²) in [6.07, 6.45) is 0.898. The third kappa shape index (κ3) is 4.02. The molecule has 0 spiro atoms. The topological polar surface area (TPSA) is 47.3 Å². The molecule has 0 aliphatic heterocycles. The third-order valence-electron chi connectivity index (χ3n) is 2.90. The summed E-state index contributed by atoms with van der Waals surface area (Å²) in [5.74, 6) is 0.926. The van der Waals surface area contributed by atoms with Crippen LogP contribution in [-0.4, -0.2) is 19.7 Å². The molecule has 0 aliphatic carbocycles. The van der Waals surface area contributed by atoms with Gasteiger partial charge >= 0.3 is 0 Å². The van der Waals surface area contributed by atoms with Gasteiger partial charge in [0.15, 0.2) is 0 Å². The second-order valence-electron chi connectivity index (χ2n) is 5.26. The quantitative estimate of drug-likeness (QED) is 0.825. The fourth-order valence-electron chi connectivity index (χ4n) is 2.03. The largest absolute Gasteiger partial charge is 0.496 e. The Kier molecular flexibility index (Phi) is 4.54. The van der Waals surface area contributed by atoms with Gasteiger partial charge in [-0.1, -0.05) is 12.1 Å². The summed E-state index contributed by atoms with van der Waals surface area (Å²) in [6.45, 7) is 6.16. The van der Waals surface area contributed by atoms with Crippen LogP contribution in [0.4, 0.5) is 0 Å². The molecule has 0 amide bonds. The maximum atomic E-state index is 6.08. The molecule has 1 rings (SSSR count). The summed E-state index contributed by atoms with van der Waals surface area (Å²) < 4.78 is 5.27. The maximum absolute atomic E-state index is 6.08. The van der Waals surface area contributed by atoms with Crippen LogP contribution in [0.25, 0.3) is 0 Å². The van der Waals surface area contributed by atoms with Gasteiger partial charge in [-0.25, -0.2) is 0 Å². The maximum Gasteiger partial charge on any atom is 0.121 e. The van der Waals surface area contributed by atoms with Gasteiger partial charge in [0.1, 0.15) is 5.75 Å². The Hall–Kier alpha value is -1.06. The summed E-state index contributed by atoms with van der Waals surface area (Å²) >= 11 is 0. The molecule has 0 saturated carbocycles. The molecule has 96 valence electrons. The number of hydrogen-bond donors (Lipinski definition) is 2. The normalized spacial score (nSPS) is 13.5. The Morgan fingerprint density at radius 2 is 2.06 bits per heavy atom. The van der Waals surface area contributed by atoms with E-state index < -0.39 is 0 Å². The number of benzene rings is 1. The first-order valence-corrected chi connectivity index (χ1v) is 5.98. The van der Waals surface area contributed by atoms with E-state index in [-0.39, 0.29) is 11.6 Å². The van der Waals surface area contributed by atoms with Gasteiger partial charge in [0.2, 0.25) is 0 Å². The minimum Gasteiger partial charge on any atom is -0.496 e. The Morgan fingerprint density at radius 3 is 2.47 bits per heavy atom. The van der Waals surface area contributed by atoms with Crippen LogP contribution in [0.2, 0.25) is 0 Å². The minimum absolute atomic E-state index is 0.179. The van der Waals surface area contributed by atoms with Crippen LogP contribution in [0, 0.1) is 6.92 Å².